The third-order valence-electron chi connectivity index (χ3n) is 3.41. The zero-order chi connectivity index (χ0) is 18.8. The van der Waals surface area contributed by atoms with Gasteiger partial charge >= 0.3 is 0 Å². The van der Waals surface area contributed by atoms with Crippen molar-refractivity contribution in [2.24, 2.45) is 0 Å². The van der Waals surface area contributed by atoms with Crippen molar-refractivity contribution in [1.82, 2.24) is 4.72 Å². The van der Waals surface area contributed by atoms with Crippen LogP contribution in [0.3, 0.4) is 0 Å². The summed E-state index contributed by atoms with van der Waals surface area (Å²) in [4.78, 5) is 22.5. The van der Waals surface area contributed by atoms with Gasteiger partial charge in [0.1, 0.15) is 0 Å². The maximum Gasteiger partial charge on any atom is 0.270 e. The molecular weight excluding hydrogens is 370 g/mol. The molecule has 0 heterocycles. The van der Waals surface area contributed by atoms with Gasteiger partial charge in [-0.2, -0.15) is 0 Å². The number of nitrogens with one attached hydrogen (secondary N) is 2. The Bertz CT molecular complexity index is 960. The summed E-state index contributed by atoms with van der Waals surface area (Å²) in [6.45, 7) is 1.62. The van der Waals surface area contributed by atoms with Crippen molar-refractivity contribution in [3.05, 3.63) is 62.7 Å². The maximum absolute atomic E-state index is 12.3. The van der Waals surface area contributed by atoms with Crippen molar-refractivity contribution in [3.8, 4) is 0 Å². The minimum atomic E-state index is -3.69. The molecule has 0 aliphatic carbocycles. The number of sulfonamides is 1. The van der Waals surface area contributed by atoms with Crippen LogP contribution in [0.5, 0.6) is 0 Å². The van der Waals surface area contributed by atoms with E-state index in [1.54, 1.807) is 6.92 Å². The predicted octanol–water partition coefficient (Wildman–Crippen LogP) is 2.72. The number of carbonyl (C=O) groups is 1. The highest BCUT2D eigenvalue weighted by molar-refractivity contribution is 7.89. The van der Waals surface area contributed by atoms with Gasteiger partial charge in [0.25, 0.3) is 11.6 Å². The van der Waals surface area contributed by atoms with Crippen LogP contribution < -0.4 is 10.0 Å². The van der Waals surface area contributed by atoms with Crippen molar-refractivity contribution >= 4 is 38.9 Å². The topological polar surface area (TPSA) is 118 Å². The molecule has 10 heteroatoms. The lowest BCUT2D eigenvalue weighted by Gasteiger charge is -2.11. The van der Waals surface area contributed by atoms with Crippen molar-refractivity contribution in [1.29, 1.82) is 0 Å². The second kappa shape index (κ2) is 7.18. The van der Waals surface area contributed by atoms with E-state index in [-0.39, 0.29) is 26.9 Å². The third-order valence-corrected chi connectivity index (χ3v) is 5.30. The molecule has 132 valence electrons. The quantitative estimate of drug-likeness (QED) is 0.607. The minimum absolute atomic E-state index is 0.0120. The fourth-order valence-corrected chi connectivity index (χ4v) is 3.27. The molecular formula is C15H14ClN3O5S. The fraction of sp³-hybridized carbons (Fsp3) is 0.133. The standard InChI is InChI=1S/C15H14ClN3O5S/c1-9-3-4-10(7-14(9)25(23,24)17-2)18-15(20)12-8-11(19(21)22)5-6-13(12)16/h3-8,17H,1-2H3,(H,18,20). The molecule has 25 heavy (non-hydrogen) atoms. The van der Waals surface area contributed by atoms with Gasteiger partial charge in [-0.25, -0.2) is 13.1 Å². The monoisotopic (exact) mass is 383 g/mol. The highest BCUT2D eigenvalue weighted by Crippen LogP contribution is 2.24. The molecule has 0 aliphatic heterocycles. The number of aryl methyl sites for hydroxylation is 1. The molecule has 2 rings (SSSR count). The molecule has 0 radical (unpaired) electrons. The zero-order valence-corrected chi connectivity index (χ0v) is 14.8. The van der Waals surface area contributed by atoms with Crippen molar-refractivity contribution < 1.29 is 18.1 Å². The molecule has 0 unspecified atom stereocenters. The average molecular weight is 384 g/mol. The molecule has 2 aromatic carbocycles. The first-order valence-electron chi connectivity index (χ1n) is 6.95. The van der Waals surface area contributed by atoms with E-state index in [0.717, 1.165) is 6.07 Å². The molecule has 0 saturated heterocycles. The second-order valence-corrected chi connectivity index (χ2v) is 7.33. The van der Waals surface area contributed by atoms with Gasteiger partial charge in [0, 0.05) is 17.8 Å². The van der Waals surface area contributed by atoms with Crippen LogP contribution >= 0.6 is 11.6 Å². The summed E-state index contributed by atoms with van der Waals surface area (Å²) < 4.78 is 26.2. The van der Waals surface area contributed by atoms with Crippen LogP contribution in [0.25, 0.3) is 0 Å². The summed E-state index contributed by atoms with van der Waals surface area (Å²) in [6.07, 6.45) is 0. The Kier molecular flexibility index (Phi) is 5.41. The normalized spacial score (nSPS) is 11.2. The molecule has 8 nitrogen and oxygen atoms in total. The van der Waals surface area contributed by atoms with Gasteiger partial charge in [-0.05, 0) is 37.7 Å². The van der Waals surface area contributed by atoms with Gasteiger partial charge in [0.05, 0.1) is 20.4 Å². The fourth-order valence-electron chi connectivity index (χ4n) is 2.08. The number of amides is 1. The molecule has 2 N–H and O–H groups in total. The molecule has 0 aromatic heterocycles. The first-order valence-corrected chi connectivity index (χ1v) is 8.81. The van der Waals surface area contributed by atoms with Crippen LogP contribution in [0.15, 0.2) is 41.3 Å². The van der Waals surface area contributed by atoms with E-state index >= 15 is 0 Å². The first kappa shape index (κ1) is 18.8. The predicted molar refractivity (Wildman–Crippen MR) is 93.5 cm³/mol. The number of nitro benzene ring substituents is 1. The lowest BCUT2D eigenvalue weighted by Crippen LogP contribution is -2.20. The number of nitrogens with zero attached hydrogens (tertiary/aromatic N) is 1. The summed E-state index contributed by atoms with van der Waals surface area (Å²) in [5.41, 5.74) is 0.346. The number of hydrogen-bond acceptors (Lipinski definition) is 5. The summed E-state index contributed by atoms with van der Waals surface area (Å²) in [5.74, 6) is -0.689. The molecule has 0 atom stereocenters. The second-order valence-electron chi connectivity index (χ2n) is 5.06. The van der Waals surface area contributed by atoms with Crippen LogP contribution in [0.4, 0.5) is 11.4 Å². The molecule has 0 fully saturated rings. The summed E-state index contributed by atoms with van der Waals surface area (Å²) in [6, 6.07) is 7.84. The first-order chi connectivity index (χ1) is 11.7. The third kappa shape index (κ3) is 4.13. The van der Waals surface area contributed by atoms with Crippen LogP contribution in [0.1, 0.15) is 15.9 Å². The number of benzene rings is 2. The van der Waals surface area contributed by atoms with Crippen LogP contribution in [-0.2, 0) is 10.0 Å². The molecule has 0 spiro atoms. The van der Waals surface area contributed by atoms with Gasteiger partial charge in [-0.15, -0.1) is 0 Å². The number of nitro groups is 1. The van der Waals surface area contributed by atoms with Gasteiger partial charge < -0.3 is 5.32 Å². The Balaban J connectivity index is 2.38. The number of anilines is 1. The van der Waals surface area contributed by atoms with E-state index in [0.29, 0.717) is 5.56 Å². The Morgan fingerprint density at radius 2 is 1.88 bits per heavy atom. The zero-order valence-electron chi connectivity index (χ0n) is 13.2. The van der Waals surface area contributed by atoms with Crippen LogP contribution in [-0.4, -0.2) is 26.3 Å². The molecule has 0 aliphatic rings. The number of halogens is 1. The number of non-ortho nitro benzene ring substituents is 1. The minimum Gasteiger partial charge on any atom is -0.322 e. The van der Waals surface area contributed by atoms with E-state index in [2.05, 4.69) is 10.0 Å². The van der Waals surface area contributed by atoms with Crippen LogP contribution in [0.2, 0.25) is 5.02 Å². The Labute approximate surface area is 149 Å². The van der Waals surface area contributed by atoms with E-state index in [1.807, 2.05) is 0 Å². The van der Waals surface area contributed by atoms with Gasteiger partial charge in [0.2, 0.25) is 10.0 Å². The Hall–Kier alpha value is -2.49. The highest BCUT2D eigenvalue weighted by atomic mass is 35.5. The smallest absolute Gasteiger partial charge is 0.270 e. The summed E-state index contributed by atoms with van der Waals surface area (Å²) >= 11 is 5.92. The highest BCUT2D eigenvalue weighted by Gasteiger charge is 2.18. The SMILES string of the molecule is CNS(=O)(=O)c1cc(NC(=O)c2cc([N+](=O)[O-])ccc2Cl)ccc1C. The van der Waals surface area contributed by atoms with E-state index < -0.39 is 20.9 Å². The number of carbonyl (C=O) groups excluding carboxylic acids is 1. The summed E-state index contributed by atoms with van der Waals surface area (Å²) in [5, 5.41) is 13.4. The van der Waals surface area contributed by atoms with Crippen molar-refractivity contribution in [2.75, 3.05) is 12.4 Å². The summed E-state index contributed by atoms with van der Waals surface area (Å²) in [7, 11) is -2.41. The molecule has 2 aromatic rings. The Morgan fingerprint density at radius 3 is 2.48 bits per heavy atom. The molecule has 0 bridgehead atoms. The lowest BCUT2D eigenvalue weighted by atomic mass is 10.1. The average Bonchev–Trinajstić information content (AvgIpc) is 2.56. The molecule has 0 saturated carbocycles. The van der Waals surface area contributed by atoms with Gasteiger partial charge in [-0.3, -0.25) is 14.9 Å². The van der Waals surface area contributed by atoms with Gasteiger partial charge in [0.15, 0.2) is 0 Å². The molecule has 1 amide bonds. The van der Waals surface area contributed by atoms with E-state index in [9.17, 15) is 23.3 Å². The van der Waals surface area contributed by atoms with Gasteiger partial charge in [-0.1, -0.05) is 17.7 Å². The lowest BCUT2D eigenvalue weighted by molar-refractivity contribution is -0.384. The largest absolute Gasteiger partial charge is 0.322 e. The Morgan fingerprint density at radius 1 is 1.20 bits per heavy atom. The van der Waals surface area contributed by atoms with Crippen molar-refractivity contribution in [3.63, 3.8) is 0 Å². The van der Waals surface area contributed by atoms with Crippen LogP contribution in [0, 0.1) is 17.0 Å². The number of hydrogen-bond donors (Lipinski definition) is 2. The van der Waals surface area contributed by atoms with E-state index in [4.69, 9.17) is 11.6 Å². The van der Waals surface area contributed by atoms with Crippen molar-refractivity contribution in [2.45, 2.75) is 11.8 Å². The number of rotatable bonds is 5. The maximum atomic E-state index is 12.3. The van der Waals surface area contributed by atoms with E-state index in [1.165, 1.54) is 37.4 Å².